The van der Waals surface area contributed by atoms with E-state index in [1.165, 1.54) is 13.1 Å². The molecule has 0 heterocycles. The van der Waals surface area contributed by atoms with Gasteiger partial charge in [0.2, 0.25) is 5.91 Å². The number of halogens is 2. The first-order chi connectivity index (χ1) is 8.88. The zero-order valence-corrected chi connectivity index (χ0v) is 11.0. The molecule has 1 aromatic carbocycles. The highest BCUT2D eigenvalue weighted by molar-refractivity contribution is 5.98. The molecule has 0 aliphatic carbocycles. The van der Waals surface area contributed by atoms with Gasteiger partial charge in [0.1, 0.15) is 23.2 Å². The smallest absolute Gasteiger partial charge is 0.257 e. The van der Waals surface area contributed by atoms with Crippen molar-refractivity contribution in [3.63, 3.8) is 0 Å². The minimum Gasteiger partial charge on any atom is -0.357 e. The minimum absolute atomic E-state index is 0.210. The van der Waals surface area contributed by atoms with Crippen LogP contribution in [0.1, 0.15) is 24.2 Å². The van der Waals surface area contributed by atoms with E-state index in [1.54, 1.807) is 13.8 Å². The Bertz CT molecular complexity index is 469. The minimum atomic E-state index is -0.961. The van der Waals surface area contributed by atoms with Crippen molar-refractivity contribution in [3.05, 3.63) is 35.4 Å². The zero-order valence-electron chi connectivity index (χ0n) is 11.0. The highest BCUT2D eigenvalue weighted by Gasteiger charge is 2.26. The summed E-state index contributed by atoms with van der Waals surface area (Å²) in [5.41, 5.74) is -0.683. The largest absolute Gasteiger partial charge is 0.357 e. The lowest BCUT2D eigenvalue weighted by molar-refractivity contribution is -0.123. The van der Waals surface area contributed by atoms with Crippen molar-refractivity contribution in [1.82, 2.24) is 10.6 Å². The fraction of sp³-hybridized carbons (Fsp3) is 0.385. The van der Waals surface area contributed by atoms with Gasteiger partial charge in [-0.3, -0.25) is 9.59 Å². The molecule has 0 saturated heterocycles. The van der Waals surface area contributed by atoms with Crippen molar-refractivity contribution in [2.24, 2.45) is 5.92 Å². The molecule has 0 radical (unpaired) electrons. The number of likely N-dealkylation sites (N-methyl/N-ethyl adjacent to an activating group) is 1. The molecular formula is C13H16F2N2O2. The molecule has 0 spiro atoms. The molecule has 1 atom stereocenters. The van der Waals surface area contributed by atoms with E-state index in [4.69, 9.17) is 0 Å². The van der Waals surface area contributed by atoms with Crippen LogP contribution in [-0.2, 0) is 4.79 Å². The number of nitrogens with one attached hydrogen (secondary N) is 2. The predicted octanol–water partition coefficient (Wildman–Crippen LogP) is 1.47. The van der Waals surface area contributed by atoms with Crippen LogP contribution in [0.3, 0.4) is 0 Å². The normalized spacial score (nSPS) is 12.1. The van der Waals surface area contributed by atoms with E-state index in [-0.39, 0.29) is 5.92 Å². The number of hydrogen-bond donors (Lipinski definition) is 2. The quantitative estimate of drug-likeness (QED) is 0.870. The topological polar surface area (TPSA) is 58.2 Å². The summed E-state index contributed by atoms with van der Waals surface area (Å²) in [5.74, 6) is -3.49. The van der Waals surface area contributed by atoms with Crippen LogP contribution in [0.15, 0.2) is 18.2 Å². The number of carbonyl (C=O) groups excluding carboxylic acids is 2. The van der Waals surface area contributed by atoms with Gasteiger partial charge < -0.3 is 10.6 Å². The second kappa shape index (κ2) is 6.26. The standard InChI is InChI=1S/C13H16F2N2O2/c1-7(2)11(13(19)16-3)17-12(18)10-8(14)5-4-6-9(10)15/h4-7,11H,1-3H3,(H,16,19)(H,17,18)/t11-/m1/s1. The number of amides is 2. The van der Waals surface area contributed by atoms with Crippen molar-refractivity contribution in [2.75, 3.05) is 7.05 Å². The van der Waals surface area contributed by atoms with Crippen LogP contribution >= 0.6 is 0 Å². The molecule has 2 N–H and O–H groups in total. The third-order valence-corrected chi connectivity index (χ3v) is 2.67. The van der Waals surface area contributed by atoms with Gasteiger partial charge in [0.05, 0.1) is 0 Å². The second-order valence-corrected chi connectivity index (χ2v) is 4.41. The molecule has 0 fully saturated rings. The molecule has 1 aromatic rings. The van der Waals surface area contributed by atoms with E-state index in [9.17, 15) is 18.4 Å². The van der Waals surface area contributed by atoms with E-state index in [1.807, 2.05) is 0 Å². The van der Waals surface area contributed by atoms with Gasteiger partial charge in [-0.05, 0) is 18.1 Å². The molecule has 0 saturated carbocycles. The number of rotatable bonds is 4. The summed E-state index contributed by atoms with van der Waals surface area (Å²) in [7, 11) is 1.42. The van der Waals surface area contributed by atoms with E-state index in [0.29, 0.717) is 0 Å². The van der Waals surface area contributed by atoms with Crippen LogP contribution < -0.4 is 10.6 Å². The maximum absolute atomic E-state index is 13.4. The SMILES string of the molecule is CNC(=O)[C@H](NC(=O)c1c(F)cccc1F)C(C)C. The molecule has 2 amide bonds. The van der Waals surface area contributed by atoms with Crippen molar-refractivity contribution in [1.29, 1.82) is 0 Å². The Kier molecular flexibility index (Phi) is 4.97. The van der Waals surface area contributed by atoms with Crippen molar-refractivity contribution in [3.8, 4) is 0 Å². The van der Waals surface area contributed by atoms with Crippen molar-refractivity contribution < 1.29 is 18.4 Å². The highest BCUT2D eigenvalue weighted by atomic mass is 19.1. The molecule has 19 heavy (non-hydrogen) atoms. The van der Waals surface area contributed by atoms with Gasteiger partial charge in [0.15, 0.2) is 0 Å². The molecule has 0 aliphatic rings. The molecule has 0 unspecified atom stereocenters. The number of carbonyl (C=O) groups is 2. The molecule has 6 heteroatoms. The zero-order chi connectivity index (χ0) is 14.6. The average Bonchev–Trinajstić information content (AvgIpc) is 2.34. The van der Waals surface area contributed by atoms with Crippen LogP contribution in [0.4, 0.5) is 8.78 Å². The van der Waals surface area contributed by atoms with E-state index in [0.717, 1.165) is 12.1 Å². The summed E-state index contributed by atoms with van der Waals surface area (Å²) < 4.78 is 26.9. The highest BCUT2D eigenvalue weighted by Crippen LogP contribution is 2.13. The monoisotopic (exact) mass is 270 g/mol. The summed E-state index contributed by atoms with van der Waals surface area (Å²) >= 11 is 0. The molecule has 1 rings (SSSR count). The van der Waals surface area contributed by atoms with Crippen LogP contribution in [0.5, 0.6) is 0 Å². The van der Waals surface area contributed by atoms with Gasteiger partial charge in [-0.2, -0.15) is 0 Å². The molecule has 0 aliphatic heterocycles. The first kappa shape index (κ1) is 15.1. The van der Waals surface area contributed by atoms with Gasteiger partial charge in [-0.25, -0.2) is 8.78 Å². The van der Waals surface area contributed by atoms with E-state index < -0.39 is 35.1 Å². The van der Waals surface area contributed by atoms with E-state index in [2.05, 4.69) is 10.6 Å². The number of hydrogen-bond acceptors (Lipinski definition) is 2. The van der Waals surface area contributed by atoms with Gasteiger partial charge in [-0.1, -0.05) is 19.9 Å². The maximum Gasteiger partial charge on any atom is 0.257 e. The molecule has 0 bridgehead atoms. The Morgan fingerprint density at radius 1 is 1.16 bits per heavy atom. The van der Waals surface area contributed by atoms with Gasteiger partial charge in [0.25, 0.3) is 5.91 Å². The van der Waals surface area contributed by atoms with Crippen LogP contribution in [0.25, 0.3) is 0 Å². The average molecular weight is 270 g/mol. The summed E-state index contributed by atoms with van der Waals surface area (Å²) in [6.07, 6.45) is 0. The van der Waals surface area contributed by atoms with Crippen LogP contribution in [0.2, 0.25) is 0 Å². The van der Waals surface area contributed by atoms with Crippen LogP contribution in [0, 0.1) is 17.6 Å². The van der Waals surface area contributed by atoms with E-state index >= 15 is 0 Å². The Hall–Kier alpha value is -1.98. The second-order valence-electron chi connectivity index (χ2n) is 4.41. The van der Waals surface area contributed by atoms with Gasteiger partial charge >= 0.3 is 0 Å². The third-order valence-electron chi connectivity index (χ3n) is 2.67. The summed E-state index contributed by atoms with van der Waals surface area (Å²) in [4.78, 5) is 23.4. The Balaban J connectivity index is 2.98. The maximum atomic E-state index is 13.4. The van der Waals surface area contributed by atoms with Gasteiger partial charge in [-0.15, -0.1) is 0 Å². The first-order valence-electron chi connectivity index (χ1n) is 5.85. The van der Waals surface area contributed by atoms with Crippen molar-refractivity contribution in [2.45, 2.75) is 19.9 Å². The van der Waals surface area contributed by atoms with Crippen molar-refractivity contribution >= 4 is 11.8 Å². The third kappa shape index (κ3) is 3.49. The fourth-order valence-corrected chi connectivity index (χ4v) is 1.62. The Morgan fingerprint density at radius 3 is 2.11 bits per heavy atom. The Morgan fingerprint density at radius 2 is 1.68 bits per heavy atom. The predicted molar refractivity (Wildman–Crippen MR) is 66.5 cm³/mol. The Labute approximate surface area is 110 Å². The molecule has 0 aromatic heterocycles. The lowest BCUT2D eigenvalue weighted by Gasteiger charge is -2.20. The lowest BCUT2D eigenvalue weighted by atomic mass is 10.0. The summed E-state index contributed by atoms with van der Waals surface area (Å²) in [6.45, 7) is 3.44. The number of benzene rings is 1. The molecule has 104 valence electrons. The molecule has 4 nitrogen and oxygen atoms in total. The molecular weight excluding hydrogens is 254 g/mol. The fourth-order valence-electron chi connectivity index (χ4n) is 1.62. The summed E-state index contributed by atoms with van der Waals surface area (Å²) in [6, 6.07) is 2.29. The first-order valence-corrected chi connectivity index (χ1v) is 5.85. The van der Waals surface area contributed by atoms with Crippen LogP contribution in [-0.4, -0.2) is 24.9 Å². The van der Waals surface area contributed by atoms with Gasteiger partial charge in [0, 0.05) is 7.05 Å². The lowest BCUT2D eigenvalue weighted by Crippen LogP contribution is -2.49. The summed E-state index contributed by atoms with van der Waals surface area (Å²) in [5, 5.41) is 4.73.